The molecule has 0 unspecified atom stereocenters. The van der Waals surface area contributed by atoms with Gasteiger partial charge in [-0.3, -0.25) is 14.9 Å². The number of rotatable bonds is 6. The minimum absolute atomic E-state index is 0.0516. The maximum absolute atomic E-state index is 12.7. The Labute approximate surface area is 236 Å². The first kappa shape index (κ1) is 24.7. The lowest BCUT2D eigenvalue weighted by Gasteiger charge is -2.21. The van der Waals surface area contributed by atoms with Crippen LogP contribution in [0.4, 0.5) is 5.69 Å². The van der Waals surface area contributed by atoms with Gasteiger partial charge in [0.05, 0.1) is 23.1 Å². The molecule has 5 heterocycles. The van der Waals surface area contributed by atoms with Crippen LogP contribution in [-0.4, -0.2) is 39.2 Å². The van der Waals surface area contributed by atoms with Gasteiger partial charge in [-0.25, -0.2) is 0 Å². The van der Waals surface area contributed by atoms with E-state index in [-0.39, 0.29) is 5.91 Å². The maximum Gasteiger partial charge on any atom is 0.224 e. The van der Waals surface area contributed by atoms with E-state index in [1.54, 1.807) is 17.5 Å². The molecule has 8 heteroatoms. The average Bonchev–Trinajstić information content (AvgIpc) is 3.72. The lowest BCUT2D eigenvalue weighted by Crippen LogP contribution is -2.30. The number of H-pyrrole nitrogens is 2. The summed E-state index contributed by atoms with van der Waals surface area (Å²) in [5, 5.41) is 20.9. The molecule has 0 spiro atoms. The molecule has 1 aliphatic rings. The van der Waals surface area contributed by atoms with E-state index in [2.05, 4.69) is 85.8 Å². The normalized spacial score (nSPS) is 14.2. The highest BCUT2D eigenvalue weighted by Crippen LogP contribution is 2.37. The van der Waals surface area contributed by atoms with E-state index in [9.17, 15) is 4.79 Å². The highest BCUT2D eigenvalue weighted by atomic mass is 32.1. The van der Waals surface area contributed by atoms with Gasteiger partial charge in [0.25, 0.3) is 0 Å². The number of benzene rings is 2. The molecule has 7 rings (SSSR count). The summed E-state index contributed by atoms with van der Waals surface area (Å²) in [6.07, 6.45) is 6.21. The van der Waals surface area contributed by atoms with Crippen LogP contribution in [0.2, 0.25) is 0 Å². The Morgan fingerprint density at radius 2 is 1.90 bits per heavy atom. The van der Waals surface area contributed by atoms with Crippen LogP contribution < -0.4 is 10.6 Å². The molecule has 1 aliphatic heterocycles. The van der Waals surface area contributed by atoms with Gasteiger partial charge < -0.3 is 15.6 Å². The van der Waals surface area contributed by atoms with Crippen LogP contribution in [0.15, 0.2) is 71.7 Å². The summed E-state index contributed by atoms with van der Waals surface area (Å²) >= 11 is 1.70. The molecule has 0 radical (unpaired) electrons. The van der Waals surface area contributed by atoms with Gasteiger partial charge in [-0.2, -0.15) is 16.4 Å². The van der Waals surface area contributed by atoms with Crippen LogP contribution >= 0.6 is 11.3 Å². The molecule has 4 aromatic heterocycles. The van der Waals surface area contributed by atoms with Crippen molar-refractivity contribution in [3.63, 3.8) is 0 Å². The van der Waals surface area contributed by atoms with Crippen LogP contribution in [0, 0.1) is 12.8 Å². The van der Waals surface area contributed by atoms with Gasteiger partial charge in [0.1, 0.15) is 5.69 Å². The molecule has 7 nitrogen and oxygen atoms in total. The van der Waals surface area contributed by atoms with Crippen LogP contribution in [-0.2, 0) is 4.79 Å². The Balaban J connectivity index is 1.21. The molecular weight excluding hydrogens is 516 g/mol. The van der Waals surface area contributed by atoms with Crippen molar-refractivity contribution >= 4 is 44.7 Å². The summed E-state index contributed by atoms with van der Waals surface area (Å²) in [6, 6.07) is 17.0. The predicted molar refractivity (Wildman–Crippen MR) is 164 cm³/mol. The van der Waals surface area contributed by atoms with Crippen LogP contribution in [0.1, 0.15) is 24.8 Å². The Morgan fingerprint density at radius 1 is 1.00 bits per heavy atom. The summed E-state index contributed by atoms with van der Waals surface area (Å²) in [4.78, 5) is 20.8. The second kappa shape index (κ2) is 10.4. The summed E-state index contributed by atoms with van der Waals surface area (Å²) < 4.78 is 0. The Kier molecular flexibility index (Phi) is 6.42. The molecular formula is C32H30N6OS. The number of fused-ring (bicyclic) bond motifs is 2. The lowest BCUT2D eigenvalue weighted by molar-refractivity contribution is -0.117. The molecule has 200 valence electrons. The van der Waals surface area contributed by atoms with E-state index in [1.807, 2.05) is 12.3 Å². The van der Waals surface area contributed by atoms with E-state index in [0.717, 1.165) is 76.1 Å². The summed E-state index contributed by atoms with van der Waals surface area (Å²) in [5.74, 6) is 0.489. The molecule has 0 aliphatic carbocycles. The van der Waals surface area contributed by atoms with Gasteiger partial charge in [0.15, 0.2) is 0 Å². The number of pyridine rings is 1. The van der Waals surface area contributed by atoms with Crippen molar-refractivity contribution in [1.82, 2.24) is 25.5 Å². The van der Waals surface area contributed by atoms with Crippen LogP contribution in [0.25, 0.3) is 55.4 Å². The third-order valence-electron chi connectivity index (χ3n) is 7.93. The van der Waals surface area contributed by atoms with Gasteiger partial charge in [-0.15, -0.1) is 0 Å². The molecule has 4 N–H and O–H groups in total. The van der Waals surface area contributed by atoms with Crippen molar-refractivity contribution in [2.24, 2.45) is 5.92 Å². The lowest BCUT2D eigenvalue weighted by atomic mass is 9.94. The highest BCUT2D eigenvalue weighted by molar-refractivity contribution is 7.08. The zero-order chi connectivity index (χ0) is 27.1. The Hall–Kier alpha value is -4.27. The topological polar surface area (TPSA) is 98.5 Å². The smallest absolute Gasteiger partial charge is 0.224 e. The van der Waals surface area contributed by atoms with E-state index in [1.165, 1.54) is 16.5 Å². The molecule has 0 saturated carbocycles. The minimum atomic E-state index is 0.0516. The van der Waals surface area contributed by atoms with Crippen molar-refractivity contribution in [2.45, 2.75) is 26.2 Å². The van der Waals surface area contributed by atoms with Crippen molar-refractivity contribution in [2.75, 3.05) is 18.4 Å². The van der Waals surface area contributed by atoms with Gasteiger partial charge in [-0.05, 0) is 108 Å². The summed E-state index contributed by atoms with van der Waals surface area (Å²) in [6.45, 7) is 4.07. The number of piperidine rings is 1. The Bertz CT molecular complexity index is 1830. The molecule has 6 aromatic rings. The number of carbonyl (C=O) groups excluding carboxylic acids is 1. The van der Waals surface area contributed by atoms with Crippen molar-refractivity contribution in [1.29, 1.82) is 0 Å². The predicted octanol–water partition coefficient (Wildman–Crippen LogP) is 7.14. The van der Waals surface area contributed by atoms with Crippen molar-refractivity contribution in [3.8, 4) is 33.6 Å². The minimum Gasteiger partial charge on any atom is -0.353 e. The number of amides is 1. The second-order valence-corrected chi connectivity index (χ2v) is 11.4. The standard InChI is InChI=1S/C32H30N6OS/c1-19-11-29-27(14-25(19)22-13-23(17-34-16-22)35-31(39)12-20-5-8-33-9-6-20)32(38-37-29)30-15-26-24(21-7-10-40-18-21)3-2-4-28(26)36-30/h2-4,7,10-11,13-18,20,33,36H,5-6,8-9,12H2,1H3,(H,35,39)(H,37,38). The van der Waals surface area contributed by atoms with Gasteiger partial charge in [0, 0.05) is 34.5 Å². The number of thiophene rings is 1. The molecule has 1 fully saturated rings. The second-order valence-electron chi connectivity index (χ2n) is 10.7. The zero-order valence-corrected chi connectivity index (χ0v) is 23.1. The molecule has 1 amide bonds. The number of carbonyl (C=O) groups is 1. The van der Waals surface area contributed by atoms with Crippen molar-refractivity contribution < 1.29 is 4.79 Å². The fourth-order valence-electron chi connectivity index (χ4n) is 5.86. The highest BCUT2D eigenvalue weighted by Gasteiger charge is 2.18. The first-order valence-corrected chi connectivity index (χ1v) is 14.7. The van der Waals surface area contributed by atoms with Gasteiger partial charge in [-0.1, -0.05) is 12.1 Å². The average molecular weight is 547 g/mol. The Morgan fingerprint density at radius 3 is 2.75 bits per heavy atom. The maximum atomic E-state index is 12.7. The largest absolute Gasteiger partial charge is 0.353 e. The number of aromatic nitrogens is 4. The third kappa shape index (κ3) is 4.69. The quantitative estimate of drug-likeness (QED) is 0.178. The van der Waals surface area contributed by atoms with E-state index in [4.69, 9.17) is 5.10 Å². The van der Waals surface area contributed by atoms with Gasteiger partial charge in [0.2, 0.25) is 5.91 Å². The molecule has 1 saturated heterocycles. The molecule has 0 bridgehead atoms. The molecule has 0 atom stereocenters. The number of anilines is 1. The van der Waals surface area contributed by atoms with Crippen LogP contribution in [0.5, 0.6) is 0 Å². The van der Waals surface area contributed by atoms with Crippen molar-refractivity contribution in [3.05, 3.63) is 77.2 Å². The van der Waals surface area contributed by atoms with E-state index in [0.29, 0.717) is 12.3 Å². The third-order valence-corrected chi connectivity index (χ3v) is 8.61. The number of nitrogens with zero attached hydrogens (tertiary/aromatic N) is 2. The summed E-state index contributed by atoms with van der Waals surface area (Å²) in [5.41, 5.74) is 10.2. The number of hydrogen-bond acceptors (Lipinski definition) is 5. The van der Waals surface area contributed by atoms with Gasteiger partial charge >= 0.3 is 0 Å². The molecule has 40 heavy (non-hydrogen) atoms. The fraction of sp³-hybridized carbons (Fsp3) is 0.219. The van der Waals surface area contributed by atoms with Crippen LogP contribution in [0.3, 0.4) is 0 Å². The first-order chi connectivity index (χ1) is 19.6. The fourth-order valence-corrected chi connectivity index (χ4v) is 6.51. The van der Waals surface area contributed by atoms with E-state index >= 15 is 0 Å². The number of aromatic amines is 2. The monoisotopic (exact) mass is 546 g/mol. The molecule has 2 aromatic carbocycles. The number of nitrogens with one attached hydrogen (secondary N) is 4. The SMILES string of the molecule is Cc1cc2[nH]nc(-c3cc4c(-c5ccsc5)cccc4[nH]3)c2cc1-c1cncc(NC(=O)CC2CCNCC2)c1. The zero-order valence-electron chi connectivity index (χ0n) is 22.3. The van der Waals surface area contributed by atoms with E-state index < -0.39 is 0 Å². The summed E-state index contributed by atoms with van der Waals surface area (Å²) in [7, 11) is 0. The number of aryl methyl sites for hydroxylation is 1. The first-order valence-electron chi connectivity index (χ1n) is 13.7. The number of hydrogen-bond donors (Lipinski definition) is 4.